The number of halogens is 3. The lowest BCUT2D eigenvalue weighted by Gasteiger charge is -2.10. The van der Waals surface area contributed by atoms with Crippen molar-refractivity contribution >= 4 is 52.0 Å². The Hall–Kier alpha value is -1.82. The predicted molar refractivity (Wildman–Crippen MR) is 97.3 cm³/mol. The first-order chi connectivity index (χ1) is 11.5. The number of thioether (sulfide) groups is 1. The van der Waals surface area contributed by atoms with Crippen molar-refractivity contribution in [2.75, 3.05) is 0 Å². The molecule has 122 valence electrons. The minimum atomic E-state index is -0.405. The highest BCUT2D eigenvalue weighted by molar-refractivity contribution is 7.98. The second-order valence-corrected chi connectivity index (χ2v) is 6.82. The molecule has 2 N–H and O–H groups in total. The lowest BCUT2D eigenvalue weighted by atomic mass is 10.1. The Morgan fingerprint density at radius 2 is 1.96 bits per heavy atom. The van der Waals surface area contributed by atoms with E-state index in [0.717, 1.165) is 11.8 Å². The maximum atomic E-state index is 13.6. The topological polar surface area (TPSA) is 57.0 Å². The van der Waals surface area contributed by atoms with Gasteiger partial charge in [0.15, 0.2) is 0 Å². The highest BCUT2D eigenvalue weighted by atomic mass is 35.5. The molecule has 3 aromatic rings. The van der Waals surface area contributed by atoms with Gasteiger partial charge < -0.3 is 10.5 Å². The molecule has 0 unspecified atom stereocenters. The van der Waals surface area contributed by atoms with Crippen LogP contribution in [0.1, 0.15) is 11.1 Å². The van der Waals surface area contributed by atoms with Gasteiger partial charge in [-0.2, -0.15) is 0 Å². The van der Waals surface area contributed by atoms with Gasteiger partial charge in [0.05, 0.1) is 5.56 Å². The summed E-state index contributed by atoms with van der Waals surface area (Å²) in [5.74, 6) is -0.177. The first kappa shape index (κ1) is 17.0. The summed E-state index contributed by atoms with van der Waals surface area (Å²) in [5, 5.41) is 20.1. The summed E-state index contributed by atoms with van der Waals surface area (Å²) in [7, 11) is 0. The Labute approximate surface area is 151 Å². The van der Waals surface area contributed by atoms with E-state index in [2.05, 4.69) is 4.98 Å². The van der Waals surface area contributed by atoms with E-state index in [1.54, 1.807) is 12.1 Å². The smallest absolute Gasteiger partial charge is 0.221 e. The van der Waals surface area contributed by atoms with Crippen LogP contribution in [0.15, 0.2) is 41.4 Å². The van der Waals surface area contributed by atoms with E-state index in [1.807, 2.05) is 6.07 Å². The van der Waals surface area contributed by atoms with Crippen LogP contribution < -0.4 is 0 Å². The molecule has 2 aromatic carbocycles. The monoisotopic (exact) mass is 380 g/mol. The fraction of sp³-hybridized carbons (Fsp3) is 0.0588. The number of rotatable bonds is 4. The van der Waals surface area contributed by atoms with Gasteiger partial charge in [0.1, 0.15) is 10.8 Å². The number of aromatic nitrogens is 1. The number of aromatic hydroxyl groups is 1. The number of benzene rings is 2. The summed E-state index contributed by atoms with van der Waals surface area (Å²) in [6, 6.07) is 9.38. The maximum absolute atomic E-state index is 13.6. The summed E-state index contributed by atoms with van der Waals surface area (Å²) in [5.41, 5.74) is 1.12. The van der Waals surface area contributed by atoms with Crippen molar-refractivity contribution in [2.24, 2.45) is 0 Å². The molecule has 0 saturated heterocycles. The van der Waals surface area contributed by atoms with Crippen LogP contribution in [0.25, 0.3) is 10.8 Å². The lowest BCUT2D eigenvalue weighted by molar-refractivity contribution is 0.449. The van der Waals surface area contributed by atoms with Gasteiger partial charge in [-0.15, -0.1) is 11.8 Å². The number of pyridine rings is 1. The van der Waals surface area contributed by atoms with Crippen molar-refractivity contribution in [1.29, 1.82) is 5.41 Å². The standard InChI is InChI=1S/C17H11Cl2FN2OS/c18-10-2-1-9(15(19)5-10)8-24-17-13-6-11(20)3-4-12(13)14(7-21)16(23)22-17/h1-7,21H,8H2,(H,22,23). The molecule has 0 atom stereocenters. The maximum Gasteiger partial charge on any atom is 0.221 e. The highest BCUT2D eigenvalue weighted by Gasteiger charge is 2.14. The molecule has 1 heterocycles. The third kappa shape index (κ3) is 3.34. The van der Waals surface area contributed by atoms with Gasteiger partial charge in [0, 0.05) is 27.4 Å². The second-order valence-electron chi connectivity index (χ2n) is 5.01. The molecule has 0 saturated carbocycles. The van der Waals surface area contributed by atoms with Crippen molar-refractivity contribution in [2.45, 2.75) is 10.8 Å². The van der Waals surface area contributed by atoms with Crippen LogP contribution in [0.2, 0.25) is 10.0 Å². The van der Waals surface area contributed by atoms with Gasteiger partial charge in [-0.05, 0) is 35.2 Å². The zero-order valence-corrected chi connectivity index (χ0v) is 14.5. The molecule has 0 aliphatic rings. The van der Waals surface area contributed by atoms with Crippen LogP contribution in [0.5, 0.6) is 5.88 Å². The van der Waals surface area contributed by atoms with E-state index in [4.69, 9.17) is 28.6 Å². The van der Waals surface area contributed by atoms with E-state index in [1.165, 1.54) is 30.0 Å². The SMILES string of the molecule is N=Cc1c(O)nc(SCc2ccc(Cl)cc2Cl)c2cc(F)ccc12. The van der Waals surface area contributed by atoms with E-state index < -0.39 is 5.82 Å². The minimum absolute atomic E-state index is 0.256. The van der Waals surface area contributed by atoms with Crippen molar-refractivity contribution in [3.05, 3.63) is 63.4 Å². The molecule has 0 radical (unpaired) electrons. The number of hydrogen-bond acceptors (Lipinski definition) is 4. The van der Waals surface area contributed by atoms with E-state index in [0.29, 0.717) is 31.6 Å². The molecular formula is C17H11Cl2FN2OS. The third-order valence-corrected chi connectivity index (χ3v) is 5.10. The summed E-state index contributed by atoms with van der Waals surface area (Å²) in [6.45, 7) is 0. The van der Waals surface area contributed by atoms with Crippen LogP contribution in [-0.4, -0.2) is 16.3 Å². The van der Waals surface area contributed by atoms with Crippen molar-refractivity contribution < 1.29 is 9.50 Å². The lowest BCUT2D eigenvalue weighted by Crippen LogP contribution is -1.94. The number of hydrogen-bond donors (Lipinski definition) is 2. The van der Waals surface area contributed by atoms with Gasteiger partial charge >= 0.3 is 0 Å². The van der Waals surface area contributed by atoms with Crippen molar-refractivity contribution in [3.8, 4) is 5.88 Å². The van der Waals surface area contributed by atoms with E-state index >= 15 is 0 Å². The number of nitrogens with zero attached hydrogens (tertiary/aromatic N) is 1. The zero-order valence-electron chi connectivity index (χ0n) is 12.2. The van der Waals surface area contributed by atoms with Gasteiger partial charge in [-0.3, -0.25) is 0 Å². The van der Waals surface area contributed by atoms with Gasteiger partial charge in [0.2, 0.25) is 5.88 Å². The van der Waals surface area contributed by atoms with Crippen molar-refractivity contribution in [1.82, 2.24) is 4.98 Å². The second kappa shape index (κ2) is 6.97. The molecule has 3 rings (SSSR count). The molecule has 3 nitrogen and oxygen atoms in total. The summed E-state index contributed by atoms with van der Waals surface area (Å²) in [4.78, 5) is 4.11. The van der Waals surface area contributed by atoms with Crippen LogP contribution in [0.4, 0.5) is 4.39 Å². The molecule has 0 amide bonds. The average molecular weight is 381 g/mol. The van der Waals surface area contributed by atoms with Crippen LogP contribution in [0, 0.1) is 11.2 Å². The molecule has 24 heavy (non-hydrogen) atoms. The molecule has 7 heteroatoms. The Morgan fingerprint density at radius 1 is 1.17 bits per heavy atom. The van der Waals surface area contributed by atoms with Gasteiger partial charge in [-0.25, -0.2) is 9.37 Å². The minimum Gasteiger partial charge on any atom is -0.493 e. The molecule has 0 bridgehead atoms. The molecule has 1 aromatic heterocycles. The molecule has 0 aliphatic carbocycles. The molecule has 0 spiro atoms. The first-order valence-corrected chi connectivity index (χ1v) is 8.63. The Balaban J connectivity index is 2.03. The normalized spacial score (nSPS) is 11.0. The van der Waals surface area contributed by atoms with Crippen molar-refractivity contribution in [3.63, 3.8) is 0 Å². The van der Waals surface area contributed by atoms with Crippen LogP contribution in [-0.2, 0) is 5.75 Å². The third-order valence-electron chi connectivity index (χ3n) is 3.47. The van der Waals surface area contributed by atoms with Crippen LogP contribution in [0.3, 0.4) is 0 Å². The highest BCUT2D eigenvalue weighted by Crippen LogP contribution is 2.35. The summed E-state index contributed by atoms with van der Waals surface area (Å²) in [6.07, 6.45) is 1.01. The predicted octanol–water partition coefficient (Wildman–Crippen LogP) is 5.68. The van der Waals surface area contributed by atoms with E-state index in [9.17, 15) is 9.50 Å². The summed E-state index contributed by atoms with van der Waals surface area (Å²) < 4.78 is 13.6. The fourth-order valence-electron chi connectivity index (χ4n) is 2.30. The molecule has 0 fully saturated rings. The first-order valence-electron chi connectivity index (χ1n) is 6.89. The van der Waals surface area contributed by atoms with E-state index in [-0.39, 0.29) is 11.4 Å². The fourth-order valence-corrected chi connectivity index (χ4v) is 3.88. The van der Waals surface area contributed by atoms with Gasteiger partial charge in [0.25, 0.3) is 0 Å². The summed E-state index contributed by atoms with van der Waals surface area (Å²) >= 11 is 13.4. The molecular weight excluding hydrogens is 370 g/mol. The number of fused-ring (bicyclic) bond motifs is 1. The zero-order chi connectivity index (χ0) is 17.3. The largest absolute Gasteiger partial charge is 0.493 e. The quantitative estimate of drug-likeness (QED) is 0.452. The Morgan fingerprint density at radius 3 is 2.67 bits per heavy atom. The van der Waals surface area contributed by atoms with Crippen LogP contribution >= 0.6 is 35.0 Å². The number of nitrogens with one attached hydrogen (secondary N) is 1. The van der Waals surface area contributed by atoms with Gasteiger partial charge in [-0.1, -0.05) is 35.3 Å². The average Bonchev–Trinajstić information content (AvgIpc) is 2.54. The Kier molecular flexibility index (Phi) is 4.94. The Bertz CT molecular complexity index is 950. The molecule has 0 aliphatic heterocycles.